The lowest BCUT2D eigenvalue weighted by molar-refractivity contribution is -0.114. The molecule has 0 aliphatic carbocycles. The summed E-state index contributed by atoms with van der Waals surface area (Å²) in [5.41, 5.74) is 4.29. The Bertz CT molecular complexity index is 1170. The van der Waals surface area contributed by atoms with Crippen LogP contribution in [0.1, 0.15) is 12.5 Å². The van der Waals surface area contributed by atoms with E-state index in [0.717, 1.165) is 28.6 Å². The SMILES string of the molecule is CC(=O)Nc1cc(NCCc2c[nH]c3ccccc23)c(F)cc1Nc1ccncc1. The quantitative estimate of drug-likeness (QED) is 0.348. The van der Waals surface area contributed by atoms with Crippen LogP contribution in [0.25, 0.3) is 10.9 Å². The number of para-hydroxylation sites is 1. The number of pyridine rings is 1. The first kappa shape index (κ1) is 19.4. The van der Waals surface area contributed by atoms with Crippen LogP contribution in [0, 0.1) is 5.82 Å². The number of rotatable bonds is 7. The summed E-state index contributed by atoms with van der Waals surface area (Å²) in [6.45, 7) is 1.97. The van der Waals surface area contributed by atoms with Gasteiger partial charge in [0.1, 0.15) is 5.82 Å². The first-order valence-corrected chi connectivity index (χ1v) is 9.67. The highest BCUT2D eigenvalue weighted by molar-refractivity contribution is 5.94. The summed E-state index contributed by atoms with van der Waals surface area (Å²) in [6.07, 6.45) is 5.98. The minimum absolute atomic E-state index is 0.232. The van der Waals surface area contributed by atoms with Crippen molar-refractivity contribution in [3.63, 3.8) is 0 Å². The van der Waals surface area contributed by atoms with Gasteiger partial charge in [0.2, 0.25) is 5.91 Å². The maximum absolute atomic E-state index is 14.8. The lowest BCUT2D eigenvalue weighted by atomic mass is 10.1. The molecule has 0 unspecified atom stereocenters. The van der Waals surface area contributed by atoms with Crippen LogP contribution in [0.2, 0.25) is 0 Å². The molecule has 2 aromatic heterocycles. The van der Waals surface area contributed by atoms with Gasteiger partial charge in [0, 0.05) is 54.7 Å². The fourth-order valence-corrected chi connectivity index (χ4v) is 3.37. The Hall–Kier alpha value is -3.87. The molecule has 30 heavy (non-hydrogen) atoms. The first-order valence-electron chi connectivity index (χ1n) is 9.67. The average Bonchev–Trinajstić information content (AvgIpc) is 3.15. The molecule has 0 aliphatic heterocycles. The van der Waals surface area contributed by atoms with Crippen LogP contribution in [0.15, 0.2) is 67.1 Å². The molecular weight excluding hydrogens is 381 g/mol. The van der Waals surface area contributed by atoms with E-state index in [0.29, 0.717) is 23.6 Å². The summed E-state index contributed by atoms with van der Waals surface area (Å²) >= 11 is 0. The van der Waals surface area contributed by atoms with Crippen molar-refractivity contribution >= 4 is 39.6 Å². The second kappa shape index (κ2) is 8.65. The van der Waals surface area contributed by atoms with E-state index in [1.807, 2.05) is 24.4 Å². The highest BCUT2D eigenvalue weighted by Crippen LogP contribution is 2.31. The van der Waals surface area contributed by atoms with Crippen molar-refractivity contribution in [2.45, 2.75) is 13.3 Å². The number of benzene rings is 2. The van der Waals surface area contributed by atoms with Gasteiger partial charge in [-0.3, -0.25) is 9.78 Å². The van der Waals surface area contributed by atoms with Crippen molar-refractivity contribution < 1.29 is 9.18 Å². The Labute approximate surface area is 173 Å². The fraction of sp³-hybridized carbons (Fsp3) is 0.130. The number of hydrogen-bond acceptors (Lipinski definition) is 4. The summed E-state index contributed by atoms with van der Waals surface area (Å²) in [6, 6.07) is 14.6. The van der Waals surface area contributed by atoms with E-state index < -0.39 is 5.82 Å². The highest BCUT2D eigenvalue weighted by Gasteiger charge is 2.12. The number of amides is 1. The van der Waals surface area contributed by atoms with Gasteiger partial charge < -0.3 is 20.9 Å². The van der Waals surface area contributed by atoms with Crippen LogP contribution >= 0.6 is 0 Å². The molecule has 0 spiro atoms. The molecule has 4 N–H and O–H groups in total. The second-order valence-electron chi connectivity index (χ2n) is 6.96. The van der Waals surface area contributed by atoms with Gasteiger partial charge in [-0.1, -0.05) is 18.2 Å². The molecule has 4 rings (SSSR count). The Balaban J connectivity index is 1.51. The lowest BCUT2D eigenvalue weighted by Gasteiger charge is -2.16. The fourth-order valence-electron chi connectivity index (χ4n) is 3.37. The van der Waals surface area contributed by atoms with E-state index in [1.165, 1.54) is 13.0 Å². The number of carbonyl (C=O) groups excluding carboxylic acids is 1. The monoisotopic (exact) mass is 403 g/mol. The highest BCUT2D eigenvalue weighted by atomic mass is 19.1. The van der Waals surface area contributed by atoms with Crippen molar-refractivity contribution in [3.8, 4) is 0 Å². The normalized spacial score (nSPS) is 10.7. The van der Waals surface area contributed by atoms with Gasteiger partial charge >= 0.3 is 0 Å². The van der Waals surface area contributed by atoms with Gasteiger partial charge in [0.05, 0.1) is 17.1 Å². The smallest absolute Gasteiger partial charge is 0.221 e. The zero-order valence-corrected chi connectivity index (χ0v) is 16.5. The molecule has 7 heteroatoms. The standard InChI is InChI=1S/C23H22FN5O/c1-15(30)28-23-13-21(19(24)12-22(23)29-17-7-9-25-10-8-17)26-11-6-16-14-27-20-5-3-2-4-18(16)20/h2-5,7-10,12-14,26-27H,6,11H2,1H3,(H,25,29)(H,28,30). The Kier molecular flexibility index (Phi) is 5.61. The molecule has 0 fully saturated rings. The van der Waals surface area contributed by atoms with Crippen LogP contribution in [-0.4, -0.2) is 22.4 Å². The maximum Gasteiger partial charge on any atom is 0.221 e. The topological polar surface area (TPSA) is 81.8 Å². The number of aromatic amines is 1. The van der Waals surface area contributed by atoms with Crippen molar-refractivity contribution in [2.75, 3.05) is 22.5 Å². The van der Waals surface area contributed by atoms with Crippen LogP contribution < -0.4 is 16.0 Å². The summed E-state index contributed by atoms with van der Waals surface area (Å²) in [5, 5.41) is 10.2. The minimum Gasteiger partial charge on any atom is -0.382 e. The maximum atomic E-state index is 14.8. The number of H-pyrrole nitrogens is 1. The number of nitrogens with zero attached hydrogens (tertiary/aromatic N) is 1. The van der Waals surface area contributed by atoms with Gasteiger partial charge in [-0.05, 0) is 36.2 Å². The molecular formula is C23H22FN5O. The predicted octanol–water partition coefficient (Wildman–Crippen LogP) is 5.06. The Morgan fingerprint density at radius 2 is 1.87 bits per heavy atom. The number of halogens is 1. The van der Waals surface area contributed by atoms with E-state index in [9.17, 15) is 9.18 Å². The zero-order valence-electron chi connectivity index (χ0n) is 16.5. The van der Waals surface area contributed by atoms with Gasteiger partial charge in [0.15, 0.2) is 0 Å². The number of carbonyl (C=O) groups is 1. The number of anilines is 4. The predicted molar refractivity (Wildman–Crippen MR) is 119 cm³/mol. The molecule has 6 nitrogen and oxygen atoms in total. The van der Waals surface area contributed by atoms with Gasteiger partial charge in [0.25, 0.3) is 0 Å². The number of nitrogens with one attached hydrogen (secondary N) is 4. The van der Waals surface area contributed by atoms with E-state index in [-0.39, 0.29) is 5.91 Å². The molecule has 0 bridgehead atoms. The van der Waals surface area contributed by atoms with Crippen LogP contribution in [0.5, 0.6) is 0 Å². The number of fused-ring (bicyclic) bond motifs is 1. The van der Waals surface area contributed by atoms with E-state index in [2.05, 4.69) is 32.0 Å². The lowest BCUT2D eigenvalue weighted by Crippen LogP contribution is -2.11. The van der Waals surface area contributed by atoms with Gasteiger partial charge in [-0.25, -0.2) is 4.39 Å². The Morgan fingerprint density at radius 3 is 2.67 bits per heavy atom. The summed E-state index contributed by atoms with van der Waals surface area (Å²) in [4.78, 5) is 18.9. The third-order valence-electron chi connectivity index (χ3n) is 4.76. The zero-order chi connectivity index (χ0) is 20.9. The molecule has 0 saturated heterocycles. The number of aromatic nitrogens is 2. The van der Waals surface area contributed by atoms with Crippen LogP contribution in [0.4, 0.5) is 27.1 Å². The third kappa shape index (κ3) is 4.41. The second-order valence-corrected chi connectivity index (χ2v) is 6.96. The van der Waals surface area contributed by atoms with E-state index in [1.54, 1.807) is 30.6 Å². The third-order valence-corrected chi connectivity index (χ3v) is 4.76. The van der Waals surface area contributed by atoms with Crippen molar-refractivity contribution in [1.29, 1.82) is 0 Å². The van der Waals surface area contributed by atoms with Gasteiger partial charge in [-0.2, -0.15) is 0 Å². The minimum atomic E-state index is -0.403. The van der Waals surface area contributed by atoms with Crippen LogP contribution in [0.3, 0.4) is 0 Å². The molecule has 2 aromatic carbocycles. The first-order chi connectivity index (χ1) is 14.6. The van der Waals surface area contributed by atoms with Crippen molar-refractivity contribution in [3.05, 3.63) is 78.5 Å². The molecule has 4 aromatic rings. The molecule has 0 atom stereocenters. The molecule has 1 amide bonds. The average molecular weight is 403 g/mol. The van der Waals surface area contributed by atoms with Crippen molar-refractivity contribution in [1.82, 2.24) is 9.97 Å². The molecule has 2 heterocycles. The number of hydrogen-bond donors (Lipinski definition) is 4. The molecule has 152 valence electrons. The molecule has 0 saturated carbocycles. The van der Waals surface area contributed by atoms with E-state index in [4.69, 9.17) is 0 Å². The molecule has 0 aliphatic rings. The van der Waals surface area contributed by atoms with E-state index >= 15 is 0 Å². The summed E-state index contributed by atoms with van der Waals surface area (Å²) in [5.74, 6) is -0.635. The Morgan fingerprint density at radius 1 is 1.07 bits per heavy atom. The summed E-state index contributed by atoms with van der Waals surface area (Å²) in [7, 11) is 0. The van der Waals surface area contributed by atoms with Crippen molar-refractivity contribution in [2.24, 2.45) is 0 Å². The largest absolute Gasteiger partial charge is 0.382 e. The van der Waals surface area contributed by atoms with Crippen LogP contribution in [-0.2, 0) is 11.2 Å². The summed E-state index contributed by atoms with van der Waals surface area (Å²) < 4.78 is 14.8. The van der Waals surface area contributed by atoms with Gasteiger partial charge in [-0.15, -0.1) is 0 Å². The molecule has 0 radical (unpaired) electrons.